The zero-order valence-corrected chi connectivity index (χ0v) is 9.60. The third-order valence-corrected chi connectivity index (χ3v) is 2.45. The molecule has 2 rings (SSSR count). The van der Waals surface area contributed by atoms with Gasteiger partial charge in [0, 0.05) is 5.92 Å². The second-order valence-corrected chi connectivity index (χ2v) is 4.19. The number of imidazole rings is 1. The zero-order chi connectivity index (χ0) is 11.2. The molecular formula is C9H12N4OS. The molecular weight excluding hydrogens is 212 g/mol. The Balaban J connectivity index is 3.00. The molecule has 0 aliphatic heterocycles. The molecule has 2 N–H and O–H groups in total. The van der Waals surface area contributed by atoms with E-state index in [0.29, 0.717) is 10.4 Å². The van der Waals surface area contributed by atoms with Crippen molar-refractivity contribution in [2.75, 3.05) is 0 Å². The molecule has 0 unspecified atom stereocenters. The van der Waals surface area contributed by atoms with Crippen LogP contribution in [-0.2, 0) is 0 Å². The van der Waals surface area contributed by atoms with E-state index in [1.165, 1.54) is 4.40 Å². The molecule has 0 fully saturated rings. The number of H-pyrrole nitrogens is 2. The highest BCUT2D eigenvalue weighted by atomic mass is 32.1. The minimum atomic E-state index is -0.238. The minimum Gasteiger partial charge on any atom is -0.316 e. The lowest BCUT2D eigenvalue weighted by Crippen LogP contribution is -2.20. The van der Waals surface area contributed by atoms with Crippen LogP contribution >= 0.6 is 12.2 Å². The predicted octanol–water partition coefficient (Wildman–Crippen LogP) is 1.51. The lowest BCUT2D eigenvalue weighted by Gasteiger charge is -2.01. The Morgan fingerprint density at radius 1 is 1.40 bits per heavy atom. The van der Waals surface area contributed by atoms with Gasteiger partial charge in [0.15, 0.2) is 4.77 Å². The van der Waals surface area contributed by atoms with Gasteiger partial charge in [-0.1, -0.05) is 13.8 Å². The fourth-order valence-corrected chi connectivity index (χ4v) is 1.77. The molecule has 5 nitrogen and oxygen atoms in total. The topological polar surface area (TPSA) is 66.0 Å². The summed E-state index contributed by atoms with van der Waals surface area (Å²) in [5, 5.41) is 0. The first-order valence-corrected chi connectivity index (χ1v) is 5.13. The van der Waals surface area contributed by atoms with Crippen LogP contribution < -0.4 is 5.69 Å². The highest BCUT2D eigenvalue weighted by molar-refractivity contribution is 7.71. The van der Waals surface area contributed by atoms with Gasteiger partial charge in [-0.05, 0) is 19.1 Å². The van der Waals surface area contributed by atoms with Gasteiger partial charge in [-0.15, -0.1) is 0 Å². The molecule has 0 amide bonds. The quantitative estimate of drug-likeness (QED) is 0.722. The molecule has 0 aliphatic rings. The number of rotatable bonds is 1. The van der Waals surface area contributed by atoms with Gasteiger partial charge < -0.3 is 4.98 Å². The first-order chi connectivity index (χ1) is 7.00. The third kappa shape index (κ3) is 1.50. The Kier molecular flexibility index (Phi) is 2.22. The molecule has 0 atom stereocenters. The van der Waals surface area contributed by atoms with Gasteiger partial charge in [0.2, 0.25) is 0 Å². The number of hydrogen-bond acceptors (Lipinski definition) is 3. The normalized spacial score (nSPS) is 11.5. The smallest absolute Gasteiger partial charge is 0.316 e. The monoisotopic (exact) mass is 224 g/mol. The van der Waals surface area contributed by atoms with Crippen molar-refractivity contribution in [3.05, 3.63) is 26.8 Å². The molecule has 15 heavy (non-hydrogen) atoms. The Morgan fingerprint density at radius 3 is 2.67 bits per heavy atom. The molecule has 0 aliphatic carbocycles. The predicted molar refractivity (Wildman–Crippen MR) is 59.8 cm³/mol. The zero-order valence-electron chi connectivity index (χ0n) is 8.79. The van der Waals surface area contributed by atoms with Crippen LogP contribution in [0.15, 0.2) is 4.79 Å². The standard InChI is InChI=1S/C9H12N4OS/c1-4(2)6-10-5(3)7-11-8(15)12-9(14)13(6)7/h4H,1-3H3,(H2,11,12,14,15). The van der Waals surface area contributed by atoms with Gasteiger partial charge in [0.1, 0.15) is 11.5 Å². The molecule has 0 radical (unpaired) electrons. The molecule has 2 aromatic rings. The molecule has 0 spiro atoms. The SMILES string of the molecule is Cc1nc(C(C)C)n2c(=O)[nH]c(=S)[nH]c12. The van der Waals surface area contributed by atoms with Crippen molar-refractivity contribution in [1.82, 2.24) is 19.4 Å². The fourth-order valence-electron chi connectivity index (χ4n) is 1.58. The van der Waals surface area contributed by atoms with Crippen LogP contribution in [0.1, 0.15) is 31.3 Å². The van der Waals surface area contributed by atoms with Crippen molar-refractivity contribution in [3.8, 4) is 0 Å². The van der Waals surface area contributed by atoms with Crippen molar-refractivity contribution in [2.45, 2.75) is 26.7 Å². The summed E-state index contributed by atoms with van der Waals surface area (Å²) in [5.41, 5.74) is 1.22. The molecule has 0 aromatic carbocycles. The van der Waals surface area contributed by atoms with E-state index in [1.807, 2.05) is 20.8 Å². The number of hydrogen-bond donors (Lipinski definition) is 2. The summed E-state index contributed by atoms with van der Waals surface area (Å²) >= 11 is 4.91. The van der Waals surface area contributed by atoms with Crippen LogP contribution in [0, 0.1) is 11.7 Å². The van der Waals surface area contributed by atoms with Crippen LogP contribution in [0.5, 0.6) is 0 Å². The van der Waals surface area contributed by atoms with Crippen molar-refractivity contribution in [1.29, 1.82) is 0 Å². The number of aryl methyl sites for hydroxylation is 1. The highest BCUT2D eigenvalue weighted by Crippen LogP contribution is 2.14. The summed E-state index contributed by atoms with van der Waals surface area (Å²) in [6, 6.07) is 0. The largest absolute Gasteiger partial charge is 0.334 e. The molecule has 2 heterocycles. The summed E-state index contributed by atoms with van der Waals surface area (Å²) < 4.78 is 1.86. The third-order valence-electron chi connectivity index (χ3n) is 2.25. The molecule has 6 heteroatoms. The Bertz CT molecular complexity index is 619. The van der Waals surface area contributed by atoms with Crippen LogP contribution in [0.4, 0.5) is 0 Å². The van der Waals surface area contributed by atoms with Gasteiger partial charge in [-0.3, -0.25) is 4.98 Å². The summed E-state index contributed by atoms with van der Waals surface area (Å²) in [7, 11) is 0. The van der Waals surface area contributed by atoms with Crippen LogP contribution in [0.2, 0.25) is 0 Å². The van der Waals surface area contributed by atoms with Crippen LogP contribution in [0.25, 0.3) is 5.65 Å². The molecule has 0 saturated carbocycles. The Labute approximate surface area is 91.2 Å². The van der Waals surface area contributed by atoms with Gasteiger partial charge >= 0.3 is 5.69 Å². The lowest BCUT2D eigenvalue weighted by molar-refractivity contribution is 0.744. The van der Waals surface area contributed by atoms with Gasteiger partial charge in [-0.2, -0.15) is 0 Å². The molecule has 0 saturated heterocycles. The molecule has 2 aromatic heterocycles. The average Bonchev–Trinajstić information content (AvgIpc) is 2.44. The summed E-state index contributed by atoms with van der Waals surface area (Å²) in [5.74, 6) is 0.937. The lowest BCUT2D eigenvalue weighted by atomic mass is 10.2. The summed E-state index contributed by atoms with van der Waals surface area (Å²) in [6.07, 6.45) is 0. The maximum atomic E-state index is 11.7. The fraction of sp³-hybridized carbons (Fsp3) is 0.444. The van der Waals surface area contributed by atoms with Gasteiger partial charge in [-0.25, -0.2) is 14.2 Å². The maximum absolute atomic E-state index is 11.7. The van der Waals surface area contributed by atoms with Crippen molar-refractivity contribution < 1.29 is 0 Å². The Hall–Kier alpha value is -1.43. The van der Waals surface area contributed by atoms with E-state index < -0.39 is 0 Å². The molecule has 80 valence electrons. The van der Waals surface area contributed by atoms with Crippen molar-refractivity contribution in [3.63, 3.8) is 0 Å². The average molecular weight is 224 g/mol. The summed E-state index contributed by atoms with van der Waals surface area (Å²) in [4.78, 5) is 21.6. The molecule has 0 bridgehead atoms. The van der Waals surface area contributed by atoms with Gasteiger partial charge in [0.25, 0.3) is 0 Å². The Morgan fingerprint density at radius 2 is 2.07 bits per heavy atom. The van der Waals surface area contributed by atoms with E-state index in [4.69, 9.17) is 12.2 Å². The highest BCUT2D eigenvalue weighted by Gasteiger charge is 2.13. The second kappa shape index (κ2) is 3.30. The number of nitrogens with zero attached hydrogens (tertiary/aromatic N) is 2. The van der Waals surface area contributed by atoms with E-state index in [0.717, 1.165) is 11.5 Å². The van der Waals surface area contributed by atoms with Crippen LogP contribution in [0.3, 0.4) is 0 Å². The number of fused-ring (bicyclic) bond motifs is 1. The number of aromatic amines is 2. The minimum absolute atomic E-state index is 0.191. The second-order valence-electron chi connectivity index (χ2n) is 3.78. The maximum Gasteiger partial charge on any atom is 0.334 e. The first kappa shape index (κ1) is 10.1. The first-order valence-electron chi connectivity index (χ1n) is 4.72. The van der Waals surface area contributed by atoms with Crippen molar-refractivity contribution in [2.24, 2.45) is 0 Å². The van der Waals surface area contributed by atoms with Gasteiger partial charge in [0.05, 0.1) is 5.69 Å². The van der Waals surface area contributed by atoms with E-state index in [1.54, 1.807) is 0 Å². The van der Waals surface area contributed by atoms with Crippen LogP contribution in [-0.4, -0.2) is 19.4 Å². The summed E-state index contributed by atoms with van der Waals surface area (Å²) in [6.45, 7) is 5.84. The van der Waals surface area contributed by atoms with E-state index in [-0.39, 0.29) is 11.6 Å². The van der Waals surface area contributed by atoms with E-state index in [9.17, 15) is 4.79 Å². The van der Waals surface area contributed by atoms with Crippen molar-refractivity contribution >= 4 is 17.9 Å². The van der Waals surface area contributed by atoms with E-state index in [2.05, 4.69) is 15.0 Å². The van der Waals surface area contributed by atoms with E-state index >= 15 is 0 Å². The number of aromatic nitrogens is 4. The number of nitrogens with one attached hydrogen (secondary N) is 2.